The average Bonchev–Trinajstić information content (AvgIpc) is 2.34. The lowest BCUT2D eigenvalue weighted by Gasteiger charge is -2.26. The van der Waals surface area contributed by atoms with Crippen LogP contribution < -0.4 is 11.1 Å². The van der Waals surface area contributed by atoms with Crippen molar-refractivity contribution >= 4 is 27.3 Å². The van der Waals surface area contributed by atoms with Crippen LogP contribution in [-0.4, -0.2) is 6.54 Å². The van der Waals surface area contributed by atoms with E-state index in [-0.39, 0.29) is 0 Å². The molecule has 0 unspecified atom stereocenters. The fourth-order valence-electron chi connectivity index (χ4n) is 2.62. The van der Waals surface area contributed by atoms with E-state index in [1.165, 1.54) is 31.4 Å². The zero-order valence-corrected chi connectivity index (χ0v) is 12.9. The fourth-order valence-corrected chi connectivity index (χ4v) is 3.12. The molecule has 0 heterocycles. The quantitative estimate of drug-likeness (QED) is 0.802. The molecule has 1 saturated carbocycles. The van der Waals surface area contributed by atoms with Crippen molar-refractivity contribution < 1.29 is 0 Å². The number of nitrogen functional groups attached to an aromatic ring is 1. The van der Waals surface area contributed by atoms with Gasteiger partial charge in [0.1, 0.15) is 0 Å². The third kappa shape index (κ3) is 3.41. The van der Waals surface area contributed by atoms with E-state index in [1.54, 1.807) is 0 Å². The number of anilines is 2. The molecule has 1 aliphatic carbocycles. The Morgan fingerprint density at radius 2 is 1.94 bits per heavy atom. The molecule has 0 atom stereocenters. The Balaban J connectivity index is 1.92. The Morgan fingerprint density at radius 1 is 1.28 bits per heavy atom. The van der Waals surface area contributed by atoms with Crippen LogP contribution in [0.5, 0.6) is 0 Å². The Hall–Kier alpha value is -0.700. The summed E-state index contributed by atoms with van der Waals surface area (Å²) in [5.74, 6) is 1.75. The van der Waals surface area contributed by atoms with E-state index in [0.717, 1.165) is 34.1 Å². The predicted molar refractivity (Wildman–Crippen MR) is 82.9 cm³/mol. The summed E-state index contributed by atoms with van der Waals surface area (Å²) in [6.07, 6.45) is 5.49. The molecule has 0 spiro atoms. The molecule has 0 aromatic heterocycles. The first-order valence-corrected chi connectivity index (χ1v) is 7.65. The van der Waals surface area contributed by atoms with Crippen LogP contribution in [0, 0.1) is 18.8 Å². The van der Waals surface area contributed by atoms with Crippen LogP contribution in [0.3, 0.4) is 0 Å². The molecule has 0 amide bonds. The molecular formula is C15H23BrN2. The Kier molecular flexibility index (Phi) is 4.55. The highest BCUT2D eigenvalue weighted by Gasteiger charge is 2.18. The largest absolute Gasteiger partial charge is 0.398 e. The van der Waals surface area contributed by atoms with E-state index in [1.807, 2.05) is 6.07 Å². The van der Waals surface area contributed by atoms with E-state index in [0.29, 0.717) is 0 Å². The van der Waals surface area contributed by atoms with E-state index in [9.17, 15) is 0 Å². The van der Waals surface area contributed by atoms with Crippen LogP contribution >= 0.6 is 15.9 Å². The number of hydrogen-bond donors (Lipinski definition) is 2. The van der Waals surface area contributed by atoms with E-state index in [4.69, 9.17) is 5.73 Å². The third-order valence-corrected chi connectivity index (χ3v) is 4.73. The second kappa shape index (κ2) is 5.96. The summed E-state index contributed by atoms with van der Waals surface area (Å²) >= 11 is 3.57. The summed E-state index contributed by atoms with van der Waals surface area (Å²) < 4.78 is 1.06. The molecule has 3 heteroatoms. The molecule has 0 aliphatic heterocycles. The van der Waals surface area contributed by atoms with Gasteiger partial charge in [0.05, 0.1) is 0 Å². The lowest BCUT2D eigenvalue weighted by molar-refractivity contribution is 0.300. The van der Waals surface area contributed by atoms with Crippen molar-refractivity contribution in [2.75, 3.05) is 17.6 Å². The SMILES string of the molecule is Cc1cc(NCC2CCC(C)CC2)c(Br)cc1N. The summed E-state index contributed by atoms with van der Waals surface area (Å²) in [6, 6.07) is 4.12. The zero-order valence-electron chi connectivity index (χ0n) is 11.3. The molecule has 1 aromatic rings. The minimum Gasteiger partial charge on any atom is -0.398 e. The van der Waals surface area contributed by atoms with Crippen molar-refractivity contribution in [2.45, 2.75) is 39.5 Å². The lowest BCUT2D eigenvalue weighted by Crippen LogP contribution is -2.20. The Labute approximate surface area is 118 Å². The molecule has 100 valence electrons. The maximum atomic E-state index is 5.89. The number of hydrogen-bond acceptors (Lipinski definition) is 2. The Bertz CT molecular complexity index is 409. The Morgan fingerprint density at radius 3 is 2.61 bits per heavy atom. The minimum absolute atomic E-state index is 0.825. The lowest BCUT2D eigenvalue weighted by atomic mass is 9.83. The molecule has 0 bridgehead atoms. The summed E-state index contributed by atoms with van der Waals surface area (Å²) in [5, 5.41) is 3.56. The molecule has 18 heavy (non-hydrogen) atoms. The van der Waals surface area contributed by atoms with Crippen LogP contribution in [0.2, 0.25) is 0 Å². The van der Waals surface area contributed by atoms with E-state index in [2.05, 4.69) is 41.2 Å². The molecular weight excluding hydrogens is 288 g/mol. The number of halogens is 1. The molecule has 1 aliphatic rings. The highest BCUT2D eigenvalue weighted by atomic mass is 79.9. The molecule has 1 aromatic carbocycles. The van der Waals surface area contributed by atoms with Gasteiger partial charge < -0.3 is 11.1 Å². The highest BCUT2D eigenvalue weighted by Crippen LogP contribution is 2.31. The van der Waals surface area contributed by atoms with Crippen molar-refractivity contribution in [3.05, 3.63) is 22.2 Å². The van der Waals surface area contributed by atoms with Crippen LogP contribution in [0.1, 0.15) is 38.2 Å². The highest BCUT2D eigenvalue weighted by molar-refractivity contribution is 9.10. The first-order chi connectivity index (χ1) is 8.56. The van der Waals surface area contributed by atoms with Crippen molar-refractivity contribution in [3.63, 3.8) is 0 Å². The van der Waals surface area contributed by atoms with Gasteiger partial charge in [0.25, 0.3) is 0 Å². The van der Waals surface area contributed by atoms with Gasteiger partial charge in [0.15, 0.2) is 0 Å². The van der Waals surface area contributed by atoms with Crippen molar-refractivity contribution in [1.29, 1.82) is 0 Å². The molecule has 1 fully saturated rings. The minimum atomic E-state index is 0.825. The number of aryl methyl sites for hydroxylation is 1. The smallest absolute Gasteiger partial charge is 0.0488 e. The van der Waals surface area contributed by atoms with Crippen LogP contribution in [0.25, 0.3) is 0 Å². The number of rotatable bonds is 3. The topological polar surface area (TPSA) is 38.0 Å². The number of nitrogens with two attached hydrogens (primary N) is 1. The van der Waals surface area contributed by atoms with Gasteiger partial charge in [-0.1, -0.05) is 19.8 Å². The maximum absolute atomic E-state index is 5.89. The number of nitrogens with one attached hydrogen (secondary N) is 1. The van der Waals surface area contributed by atoms with Gasteiger partial charge in [-0.15, -0.1) is 0 Å². The van der Waals surface area contributed by atoms with Crippen LogP contribution in [0.4, 0.5) is 11.4 Å². The predicted octanol–water partition coefficient (Wildman–Crippen LogP) is 4.58. The molecule has 0 saturated heterocycles. The number of benzene rings is 1. The standard InChI is InChI=1S/C15H23BrN2/c1-10-3-5-12(6-4-10)9-18-15-7-11(2)14(17)8-13(15)16/h7-8,10,12,18H,3-6,9,17H2,1-2H3. The van der Waals surface area contributed by atoms with E-state index < -0.39 is 0 Å². The maximum Gasteiger partial charge on any atom is 0.0488 e. The van der Waals surface area contributed by atoms with Gasteiger partial charge in [-0.3, -0.25) is 0 Å². The van der Waals surface area contributed by atoms with E-state index >= 15 is 0 Å². The normalized spacial score (nSPS) is 23.9. The summed E-state index contributed by atoms with van der Waals surface area (Å²) in [5.41, 5.74) is 9.04. The zero-order chi connectivity index (χ0) is 13.1. The monoisotopic (exact) mass is 310 g/mol. The van der Waals surface area contributed by atoms with Gasteiger partial charge in [-0.25, -0.2) is 0 Å². The summed E-state index contributed by atoms with van der Waals surface area (Å²) in [4.78, 5) is 0. The first-order valence-electron chi connectivity index (χ1n) is 6.85. The van der Waals surface area contributed by atoms with Gasteiger partial charge in [-0.2, -0.15) is 0 Å². The molecule has 2 nitrogen and oxygen atoms in total. The first kappa shape index (κ1) is 13.7. The molecule has 3 N–H and O–H groups in total. The average molecular weight is 311 g/mol. The van der Waals surface area contributed by atoms with Crippen molar-refractivity contribution in [3.8, 4) is 0 Å². The second-order valence-electron chi connectivity index (χ2n) is 5.70. The van der Waals surface area contributed by atoms with Crippen LogP contribution in [0.15, 0.2) is 16.6 Å². The summed E-state index contributed by atoms with van der Waals surface area (Å²) in [6.45, 7) is 5.49. The van der Waals surface area contributed by atoms with Crippen molar-refractivity contribution in [1.82, 2.24) is 0 Å². The van der Waals surface area contributed by atoms with Gasteiger partial charge in [0, 0.05) is 22.4 Å². The van der Waals surface area contributed by atoms with Gasteiger partial charge in [-0.05, 0) is 65.2 Å². The molecule has 2 rings (SSSR count). The van der Waals surface area contributed by atoms with Gasteiger partial charge in [0.2, 0.25) is 0 Å². The van der Waals surface area contributed by atoms with Crippen LogP contribution in [-0.2, 0) is 0 Å². The van der Waals surface area contributed by atoms with Crippen molar-refractivity contribution in [2.24, 2.45) is 11.8 Å². The second-order valence-corrected chi connectivity index (χ2v) is 6.55. The summed E-state index contributed by atoms with van der Waals surface area (Å²) in [7, 11) is 0. The van der Waals surface area contributed by atoms with Gasteiger partial charge >= 0.3 is 0 Å². The molecule has 0 radical (unpaired) electrons. The third-order valence-electron chi connectivity index (χ3n) is 4.07. The fraction of sp³-hybridized carbons (Fsp3) is 0.600.